The van der Waals surface area contributed by atoms with Crippen LogP contribution in [0.3, 0.4) is 0 Å². The number of carbonyl (C=O) groups is 1. The molecule has 1 saturated heterocycles. The van der Waals surface area contributed by atoms with Crippen LogP contribution in [0.25, 0.3) is 0 Å². The predicted octanol–water partition coefficient (Wildman–Crippen LogP) is 1.79. The molecule has 0 bridgehead atoms. The smallest absolute Gasteiger partial charge is 0.325 e. The van der Waals surface area contributed by atoms with Crippen LogP contribution in [-0.4, -0.2) is 27.4 Å². The van der Waals surface area contributed by atoms with E-state index in [1.165, 1.54) is 24.8 Å². The Morgan fingerprint density at radius 2 is 2.22 bits per heavy atom. The van der Waals surface area contributed by atoms with Crippen molar-refractivity contribution < 1.29 is 9.90 Å². The molecule has 0 saturated carbocycles. The normalized spacial score (nSPS) is 20.7. The maximum Gasteiger partial charge on any atom is 0.325 e. The number of carboxylic acids is 1. The molecular weight excluding hydrogens is 230 g/mol. The standard InChI is InChI=1S/C13H21N3O2/c1-9-13(11-6-4-3-5-7-14-11)10(2)16(15-9)8-12(17)18/h11,14H,3-8H2,1-2H3,(H,17,18)/t11-/m0/s1. The Hall–Kier alpha value is -1.36. The number of nitrogens with zero attached hydrogens (tertiary/aromatic N) is 2. The second kappa shape index (κ2) is 5.52. The fraction of sp³-hybridized carbons (Fsp3) is 0.692. The van der Waals surface area contributed by atoms with E-state index < -0.39 is 5.97 Å². The number of hydrogen-bond donors (Lipinski definition) is 2. The van der Waals surface area contributed by atoms with E-state index in [1.807, 2.05) is 13.8 Å². The molecule has 0 unspecified atom stereocenters. The van der Waals surface area contributed by atoms with Crippen LogP contribution in [0.1, 0.15) is 48.7 Å². The van der Waals surface area contributed by atoms with Gasteiger partial charge in [-0.2, -0.15) is 5.10 Å². The SMILES string of the molecule is Cc1nn(CC(=O)O)c(C)c1[C@@H]1CCCCCN1. The first-order chi connectivity index (χ1) is 8.59. The van der Waals surface area contributed by atoms with Crippen LogP contribution < -0.4 is 5.32 Å². The topological polar surface area (TPSA) is 67.2 Å². The summed E-state index contributed by atoms with van der Waals surface area (Å²) < 4.78 is 1.60. The molecule has 5 heteroatoms. The van der Waals surface area contributed by atoms with Crippen LogP contribution in [0, 0.1) is 13.8 Å². The quantitative estimate of drug-likeness (QED) is 0.859. The van der Waals surface area contributed by atoms with Crippen molar-refractivity contribution in [3.63, 3.8) is 0 Å². The van der Waals surface area contributed by atoms with Crippen molar-refractivity contribution >= 4 is 5.97 Å². The number of rotatable bonds is 3. The molecule has 100 valence electrons. The first-order valence-corrected chi connectivity index (χ1v) is 6.58. The minimum absolute atomic E-state index is 0.0562. The number of hydrogen-bond acceptors (Lipinski definition) is 3. The molecule has 0 aromatic carbocycles. The molecule has 1 aromatic rings. The summed E-state index contributed by atoms with van der Waals surface area (Å²) in [6.07, 6.45) is 4.82. The molecule has 1 aromatic heterocycles. The molecule has 1 aliphatic heterocycles. The summed E-state index contributed by atoms with van der Waals surface area (Å²) in [6.45, 7) is 4.91. The van der Waals surface area contributed by atoms with Gasteiger partial charge in [0, 0.05) is 17.3 Å². The van der Waals surface area contributed by atoms with Gasteiger partial charge < -0.3 is 10.4 Å². The number of carboxylic acid groups (broad SMARTS) is 1. The zero-order chi connectivity index (χ0) is 13.1. The van der Waals surface area contributed by atoms with Crippen molar-refractivity contribution in [2.45, 2.75) is 52.1 Å². The highest BCUT2D eigenvalue weighted by atomic mass is 16.4. The Morgan fingerprint density at radius 1 is 1.44 bits per heavy atom. The minimum Gasteiger partial charge on any atom is -0.480 e. The number of aryl methyl sites for hydroxylation is 1. The lowest BCUT2D eigenvalue weighted by atomic mass is 10.0. The predicted molar refractivity (Wildman–Crippen MR) is 68.5 cm³/mol. The average Bonchev–Trinajstić information content (AvgIpc) is 2.53. The van der Waals surface area contributed by atoms with Crippen LogP contribution in [-0.2, 0) is 11.3 Å². The Balaban J connectivity index is 2.26. The molecule has 2 N–H and O–H groups in total. The molecule has 0 radical (unpaired) electrons. The summed E-state index contributed by atoms with van der Waals surface area (Å²) in [5.41, 5.74) is 3.13. The lowest BCUT2D eigenvalue weighted by molar-refractivity contribution is -0.137. The highest BCUT2D eigenvalue weighted by molar-refractivity contribution is 5.66. The second-order valence-electron chi connectivity index (χ2n) is 4.99. The molecule has 1 fully saturated rings. The molecule has 1 atom stereocenters. The monoisotopic (exact) mass is 251 g/mol. The third-order valence-corrected chi connectivity index (χ3v) is 3.63. The van der Waals surface area contributed by atoms with Gasteiger partial charge in [-0.05, 0) is 33.2 Å². The van der Waals surface area contributed by atoms with Crippen LogP contribution >= 0.6 is 0 Å². The van der Waals surface area contributed by atoms with Crippen molar-refractivity contribution in [1.29, 1.82) is 0 Å². The molecule has 18 heavy (non-hydrogen) atoms. The highest BCUT2D eigenvalue weighted by Crippen LogP contribution is 2.27. The molecule has 0 spiro atoms. The van der Waals surface area contributed by atoms with Crippen molar-refractivity contribution in [1.82, 2.24) is 15.1 Å². The Labute approximate surface area is 107 Å². The minimum atomic E-state index is -0.846. The second-order valence-corrected chi connectivity index (χ2v) is 4.99. The van der Waals surface area contributed by atoms with Crippen LogP contribution in [0.5, 0.6) is 0 Å². The lowest BCUT2D eigenvalue weighted by Gasteiger charge is -2.16. The Bertz CT molecular complexity index is 432. The van der Waals surface area contributed by atoms with E-state index in [-0.39, 0.29) is 6.54 Å². The number of aliphatic carboxylic acids is 1. The van der Waals surface area contributed by atoms with E-state index in [0.717, 1.165) is 24.4 Å². The van der Waals surface area contributed by atoms with E-state index in [0.29, 0.717) is 6.04 Å². The van der Waals surface area contributed by atoms with Crippen LogP contribution in [0.2, 0.25) is 0 Å². The summed E-state index contributed by atoms with van der Waals surface area (Å²) in [5, 5.41) is 16.8. The molecule has 1 aliphatic rings. The van der Waals surface area contributed by atoms with Gasteiger partial charge in [-0.25, -0.2) is 0 Å². The van der Waals surface area contributed by atoms with Gasteiger partial charge in [-0.15, -0.1) is 0 Å². The fourth-order valence-electron chi connectivity index (χ4n) is 2.77. The zero-order valence-corrected chi connectivity index (χ0v) is 11.1. The van der Waals surface area contributed by atoms with Crippen molar-refractivity contribution in [2.24, 2.45) is 0 Å². The maximum absolute atomic E-state index is 10.8. The van der Waals surface area contributed by atoms with Crippen molar-refractivity contribution in [3.05, 3.63) is 17.0 Å². The number of aromatic nitrogens is 2. The van der Waals surface area contributed by atoms with Crippen molar-refractivity contribution in [2.75, 3.05) is 6.54 Å². The summed E-state index contributed by atoms with van der Waals surface area (Å²) in [6, 6.07) is 0.329. The largest absolute Gasteiger partial charge is 0.480 e. The van der Waals surface area contributed by atoms with E-state index in [9.17, 15) is 4.79 Å². The summed E-state index contributed by atoms with van der Waals surface area (Å²) in [7, 11) is 0. The van der Waals surface area contributed by atoms with Gasteiger partial charge in [0.15, 0.2) is 0 Å². The van der Waals surface area contributed by atoms with Gasteiger partial charge in [0.05, 0.1) is 5.69 Å². The van der Waals surface area contributed by atoms with E-state index in [1.54, 1.807) is 4.68 Å². The first-order valence-electron chi connectivity index (χ1n) is 6.58. The third kappa shape index (κ3) is 2.72. The lowest BCUT2D eigenvalue weighted by Crippen LogP contribution is -2.21. The van der Waals surface area contributed by atoms with Crippen LogP contribution in [0.4, 0.5) is 0 Å². The Morgan fingerprint density at radius 3 is 2.94 bits per heavy atom. The average molecular weight is 251 g/mol. The molecule has 0 amide bonds. The summed E-state index contributed by atoms with van der Waals surface area (Å²) >= 11 is 0. The van der Waals surface area contributed by atoms with Gasteiger partial charge >= 0.3 is 5.97 Å². The highest BCUT2D eigenvalue weighted by Gasteiger charge is 2.22. The maximum atomic E-state index is 10.8. The van der Waals surface area contributed by atoms with Gasteiger partial charge in [0.1, 0.15) is 6.54 Å². The van der Waals surface area contributed by atoms with Gasteiger partial charge in [0.2, 0.25) is 0 Å². The molecule has 2 heterocycles. The van der Waals surface area contributed by atoms with E-state index in [4.69, 9.17) is 5.11 Å². The third-order valence-electron chi connectivity index (χ3n) is 3.63. The summed E-state index contributed by atoms with van der Waals surface area (Å²) in [5.74, 6) is -0.846. The molecule has 2 rings (SSSR count). The zero-order valence-electron chi connectivity index (χ0n) is 11.1. The molecule has 0 aliphatic carbocycles. The number of nitrogens with one attached hydrogen (secondary N) is 1. The molecular formula is C13H21N3O2. The summed E-state index contributed by atoms with van der Waals surface area (Å²) in [4.78, 5) is 10.8. The fourth-order valence-corrected chi connectivity index (χ4v) is 2.77. The van der Waals surface area contributed by atoms with Crippen LogP contribution in [0.15, 0.2) is 0 Å². The van der Waals surface area contributed by atoms with Gasteiger partial charge in [0.25, 0.3) is 0 Å². The van der Waals surface area contributed by atoms with E-state index in [2.05, 4.69) is 10.4 Å². The van der Waals surface area contributed by atoms with Gasteiger partial charge in [-0.1, -0.05) is 12.8 Å². The molecule has 5 nitrogen and oxygen atoms in total. The van der Waals surface area contributed by atoms with E-state index >= 15 is 0 Å². The van der Waals surface area contributed by atoms with Gasteiger partial charge in [-0.3, -0.25) is 9.48 Å². The first kappa shape index (κ1) is 13.1. The Kier molecular flexibility index (Phi) is 4.01. The van der Waals surface area contributed by atoms with Crippen molar-refractivity contribution in [3.8, 4) is 0 Å².